The molecular weight excluding hydrogens is 328 g/mol. The van der Waals surface area contributed by atoms with E-state index in [-0.39, 0.29) is 0 Å². The van der Waals surface area contributed by atoms with Gasteiger partial charge < -0.3 is 4.74 Å². The van der Waals surface area contributed by atoms with Gasteiger partial charge in [-0.15, -0.1) is 11.6 Å². The van der Waals surface area contributed by atoms with Gasteiger partial charge >= 0.3 is 0 Å². The van der Waals surface area contributed by atoms with E-state index >= 15 is 0 Å². The Kier molecular flexibility index (Phi) is 8.34. The lowest BCUT2D eigenvalue weighted by Crippen LogP contribution is -1.99. The van der Waals surface area contributed by atoms with Crippen molar-refractivity contribution in [2.75, 3.05) is 12.5 Å². The smallest absolute Gasteiger partial charge is 0.119 e. The fraction of sp³-hybridized carbons (Fsp3) is 0.478. The van der Waals surface area contributed by atoms with Crippen LogP contribution in [0.3, 0.4) is 0 Å². The predicted molar refractivity (Wildman–Crippen MR) is 110 cm³/mol. The van der Waals surface area contributed by atoms with Crippen molar-refractivity contribution in [3.05, 3.63) is 53.1 Å². The summed E-state index contributed by atoms with van der Waals surface area (Å²) in [7, 11) is 0. The molecule has 1 nitrogen and oxygen atoms in total. The molecule has 136 valence electrons. The highest BCUT2D eigenvalue weighted by Gasteiger charge is 2.09. The second-order valence-electron chi connectivity index (χ2n) is 6.46. The molecule has 25 heavy (non-hydrogen) atoms. The number of benzene rings is 2. The summed E-state index contributed by atoms with van der Waals surface area (Å²) >= 11 is 5.69. The largest absolute Gasteiger partial charge is 0.494 e. The van der Waals surface area contributed by atoms with Crippen molar-refractivity contribution in [3.8, 4) is 16.9 Å². The average Bonchev–Trinajstić information content (AvgIpc) is 2.67. The molecule has 2 aromatic rings. The maximum absolute atomic E-state index is 5.83. The minimum absolute atomic E-state index is 0.741. The second-order valence-corrected chi connectivity index (χ2v) is 6.83. The van der Waals surface area contributed by atoms with E-state index in [0.717, 1.165) is 56.8 Å². The molecule has 0 fully saturated rings. The first-order valence-electron chi connectivity index (χ1n) is 9.67. The molecule has 0 unspecified atom stereocenters. The fourth-order valence-electron chi connectivity index (χ4n) is 3.36. The summed E-state index contributed by atoms with van der Waals surface area (Å²) in [5.41, 5.74) is 7.08. The number of unbranched alkanes of at least 4 members (excludes halogenated alkanes) is 2. The molecule has 0 saturated carbocycles. The van der Waals surface area contributed by atoms with Crippen LogP contribution in [-0.4, -0.2) is 12.5 Å². The maximum atomic E-state index is 5.83. The quantitative estimate of drug-likeness (QED) is 0.334. The van der Waals surface area contributed by atoms with Crippen LogP contribution in [0, 0.1) is 0 Å². The fourth-order valence-corrected chi connectivity index (χ4v) is 3.55. The van der Waals surface area contributed by atoms with Gasteiger partial charge in [-0.3, -0.25) is 0 Å². The molecule has 0 aliphatic rings. The summed E-state index contributed by atoms with van der Waals surface area (Å²) in [5, 5.41) is 0. The number of alkyl halides is 1. The topological polar surface area (TPSA) is 9.23 Å². The van der Waals surface area contributed by atoms with Gasteiger partial charge in [0.05, 0.1) is 6.61 Å². The zero-order valence-corrected chi connectivity index (χ0v) is 16.7. The molecule has 0 aliphatic heterocycles. The van der Waals surface area contributed by atoms with Crippen molar-refractivity contribution in [2.24, 2.45) is 0 Å². The molecule has 0 saturated heterocycles. The van der Waals surface area contributed by atoms with Gasteiger partial charge in [-0.2, -0.15) is 0 Å². The van der Waals surface area contributed by atoms with Crippen LogP contribution in [0.5, 0.6) is 5.75 Å². The minimum Gasteiger partial charge on any atom is -0.494 e. The summed E-state index contributed by atoms with van der Waals surface area (Å²) in [6.45, 7) is 7.52. The van der Waals surface area contributed by atoms with Gasteiger partial charge in [0.1, 0.15) is 5.75 Å². The van der Waals surface area contributed by atoms with Gasteiger partial charge in [-0.25, -0.2) is 0 Å². The highest BCUT2D eigenvalue weighted by Crippen LogP contribution is 2.28. The number of hydrogen-bond acceptors (Lipinski definition) is 1. The molecule has 2 aromatic carbocycles. The first kappa shape index (κ1) is 19.8. The monoisotopic (exact) mass is 358 g/mol. The Hall–Kier alpha value is -1.47. The Bertz CT molecular complexity index is 621. The van der Waals surface area contributed by atoms with Crippen molar-refractivity contribution in [3.63, 3.8) is 0 Å². The lowest BCUT2D eigenvalue weighted by atomic mass is 9.91. The predicted octanol–water partition coefficient (Wildman–Crippen LogP) is 6.83. The lowest BCUT2D eigenvalue weighted by Gasteiger charge is -2.15. The molecule has 0 spiro atoms. The first-order valence-corrected chi connectivity index (χ1v) is 10.2. The molecule has 0 atom stereocenters. The minimum atomic E-state index is 0.741. The summed E-state index contributed by atoms with van der Waals surface area (Å²) in [6, 6.07) is 13.2. The van der Waals surface area contributed by atoms with Crippen molar-refractivity contribution < 1.29 is 4.74 Å². The van der Waals surface area contributed by atoms with E-state index in [1.54, 1.807) is 0 Å². The van der Waals surface area contributed by atoms with Gasteiger partial charge in [-0.1, -0.05) is 45.0 Å². The number of aryl methyl sites for hydroxylation is 2. The Morgan fingerprint density at radius 1 is 0.760 bits per heavy atom. The number of ether oxygens (including phenoxy) is 1. The summed E-state index contributed by atoms with van der Waals surface area (Å²) in [6.07, 6.45) is 6.55. The van der Waals surface area contributed by atoms with Gasteiger partial charge in [0.25, 0.3) is 0 Å². The van der Waals surface area contributed by atoms with E-state index in [1.165, 1.54) is 27.8 Å². The van der Waals surface area contributed by atoms with Crippen molar-refractivity contribution in [1.29, 1.82) is 0 Å². The Morgan fingerprint density at radius 3 is 1.92 bits per heavy atom. The lowest BCUT2D eigenvalue weighted by molar-refractivity contribution is 0.306. The molecule has 0 aliphatic carbocycles. The maximum Gasteiger partial charge on any atom is 0.119 e. The van der Waals surface area contributed by atoms with Gasteiger partial charge in [-0.05, 0) is 78.5 Å². The third-order valence-corrected chi connectivity index (χ3v) is 5.05. The van der Waals surface area contributed by atoms with Gasteiger partial charge in [0, 0.05) is 5.88 Å². The van der Waals surface area contributed by atoms with Gasteiger partial charge in [0.2, 0.25) is 0 Å². The van der Waals surface area contributed by atoms with E-state index in [2.05, 4.69) is 57.2 Å². The number of rotatable bonds is 10. The Morgan fingerprint density at radius 2 is 1.40 bits per heavy atom. The molecule has 2 heteroatoms. The van der Waals surface area contributed by atoms with E-state index in [1.807, 2.05) is 0 Å². The van der Waals surface area contributed by atoms with E-state index in [0.29, 0.717) is 0 Å². The van der Waals surface area contributed by atoms with Crippen molar-refractivity contribution in [1.82, 2.24) is 0 Å². The number of halogens is 1. The highest BCUT2D eigenvalue weighted by atomic mass is 35.5. The van der Waals surface area contributed by atoms with Crippen LogP contribution >= 0.6 is 11.6 Å². The molecule has 0 aromatic heterocycles. The normalized spacial score (nSPS) is 10.9. The van der Waals surface area contributed by atoms with Gasteiger partial charge in [0.15, 0.2) is 0 Å². The third kappa shape index (κ3) is 5.51. The van der Waals surface area contributed by atoms with Crippen LogP contribution in [0.4, 0.5) is 0 Å². The number of hydrogen-bond donors (Lipinski definition) is 0. The summed E-state index contributed by atoms with van der Waals surface area (Å²) in [5.74, 6) is 1.69. The van der Waals surface area contributed by atoms with Crippen LogP contribution in [-0.2, 0) is 19.3 Å². The summed E-state index contributed by atoms with van der Waals surface area (Å²) in [4.78, 5) is 0. The molecule has 0 bridgehead atoms. The molecule has 0 N–H and O–H groups in total. The Balaban J connectivity index is 2.11. The van der Waals surface area contributed by atoms with Crippen LogP contribution in [0.2, 0.25) is 0 Å². The first-order chi connectivity index (χ1) is 12.2. The third-order valence-electron chi connectivity index (χ3n) is 4.78. The summed E-state index contributed by atoms with van der Waals surface area (Å²) < 4.78 is 5.83. The zero-order chi connectivity index (χ0) is 18.1. The molecule has 2 rings (SSSR count). The zero-order valence-electron chi connectivity index (χ0n) is 15.9. The van der Waals surface area contributed by atoms with Crippen LogP contribution < -0.4 is 4.74 Å². The SMILES string of the molecule is CCc1cc(-c2ccc(OCCCCCCl)cc2)cc(CC)c1CC. The van der Waals surface area contributed by atoms with Crippen LogP contribution in [0.25, 0.3) is 11.1 Å². The van der Waals surface area contributed by atoms with Crippen LogP contribution in [0.15, 0.2) is 36.4 Å². The standard InChI is InChI=1S/C23H31ClO/c1-4-18-16-21(17-19(5-2)23(18)6-3)20-10-12-22(13-11-20)25-15-9-7-8-14-24/h10-13,16-17H,4-9,14-15H2,1-3H3. The molecular formula is C23H31ClO. The molecule has 0 amide bonds. The average molecular weight is 359 g/mol. The van der Waals surface area contributed by atoms with E-state index in [9.17, 15) is 0 Å². The van der Waals surface area contributed by atoms with Crippen molar-refractivity contribution >= 4 is 11.6 Å². The Labute approximate surface area is 158 Å². The van der Waals surface area contributed by atoms with E-state index in [4.69, 9.17) is 16.3 Å². The molecule has 0 heterocycles. The van der Waals surface area contributed by atoms with E-state index < -0.39 is 0 Å². The highest BCUT2D eigenvalue weighted by molar-refractivity contribution is 6.17. The van der Waals surface area contributed by atoms with Crippen LogP contribution in [0.1, 0.15) is 56.7 Å². The second kappa shape index (κ2) is 10.5. The van der Waals surface area contributed by atoms with Crippen molar-refractivity contribution in [2.45, 2.75) is 59.3 Å². The molecule has 0 radical (unpaired) electrons.